The molecule has 2 aliphatic rings. The molecule has 0 bridgehead atoms. The third-order valence-electron chi connectivity index (χ3n) is 5.34. The number of carbonyl (C=O) groups is 1. The van der Waals surface area contributed by atoms with Gasteiger partial charge in [0.05, 0.1) is 12.9 Å². The van der Waals surface area contributed by atoms with Crippen molar-refractivity contribution >= 4 is 22.9 Å². The fourth-order valence-corrected chi connectivity index (χ4v) is 3.89. The maximum atomic E-state index is 11.7. The van der Waals surface area contributed by atoms with Crippen LogP contribution in [0.3, 0.4) is 0 Å². The first-order valence-corrected chi connectivity index (χ1v) is 8.80. The van der Waals surface area contributed by atoms with Crippen LogP contribution >= 0.6 is 0 Å². The van der Waals surface area contributed by atoms with Crippen LogP contribution in [0.4, 0.5) is 5.82 Å². The zero-order valence-corrected chi connectivity index (χ0v) is 14.8. The molecule has 148 valence electrons. The molecule has 28 heavy (non-hydrogen) atoms. The third-order valence-corrected chi connectivity index (χ3v) is 5.34. The highest BCUT2D eigenvalue weighted by atomic mass is 16.6. The van der Waals surface area contributed by atoms with Gasteiger partial charge in [0, 0.05) is 6.54 Å². The molecule has 4 rings (SSSR count). The van der Waals surface area contributed by atoms with Gasteiger partial charge in [-0.15, -0.1) is 6.42 Å². The van der Waals surface area contributed by atoms with Crippen molar-refractivity contribution in [1.29, 1.82) is 0 Å². The second-order valence-corrected chi connectivity index (χ2v) is 6.90. The molecule has 0 aromatic carbocycles. The summed E-state index contributed by atoms with van der Waals surface area (Å²) in [6.07, 6.45) is 5.73. The molecule has 11 heteroatoms. The van der Waals surface area contributed by atoms with Crippen LogP contribution in [0, 0.1) is 12.3 Å². The van der Waals surface area contributed by atoms with Crippen LogP contribution in [0.1, 0.15) is 19.1 Å². The Bertz CT molecular complexity index is 957. The van der Waals surface area contributed by atoms with Gasteiger partial charge in [-0.3, -0.25) is 9.36 Å². The van der Waals surface area contributed by atoms with E-state index in [2.05, 4.69) is 20.9 Å². The molecule has 5 atom stereocenters. The lowest BCUT2D eigenvalue weighted by Crippen LogP contribution is -2.45. The minimum absolute atomic E-state index is 0.296. The Morgan fingerprint density at radius 3 is 2.93 bits per heavy atom. The van der Waals surface area contributed by atoms with E-state index in [0.717, 1.165) is 6.42 Å². The number of terminal acetylenes is 1. The molecule has 2 aromatic rings. The number of nitrogens with zero attached hydrogens (tertiary/aromatic N) is 5. The number of amides is 1. The summed E-state index contributed by atoms with van der Waals surface area (Å²) in [5.74, 6) is 2.15. The van der Waals surface area contributed by atoms with Crippen LogP contribution < -0.4 is 10.6 Å². The number of aromatic nitrogens is 4. The quantitative estimate of drug-likeness (QED) is 0.430. The predicted octanol–water partition coefficient (Wildman–Crippen LogP) is -2.10. The van der Waals surface area contributed by atoms with E-state index in [-0.39, 0.29) is 0 Å². The van der Waals surface area contributed by atoms with Gasteiger partial charge in [-0.25, -0.2) is 15.0 Å². The van der Waals surface area contributed by atoms with E-state index in [9.17, 15) is 20.1 Å². The monoisotopic (exact) mass is 388 g/mol. The molecule has 2 fully saturated rings. The maximum Gasteiger partial charge on any atom is 0.240 e. The van der Waals surface area contributed by atoms with E-state index in [1.165, 1.54) is 17.2 Å². The largest absolute Gasteiger partial charge is 0.394 e. The number of ether oxygens (including phenoxy) is 1. The third kappa shape index (κ3) is 2.54. The Labute approximate surface area is 159 Å². The Morgan fingerprint density at radius 2 is 2.25 bits per heavy atom. The molecule has 4 heterocycles. The fourth-order valence-electron chi connectivity index (χ4n) is 3.89. The number of hydrogen-bond donors (Lipinski definition) is 4. The summed E-state index contributed by atoms with van der Waals surface area (Å²) in [6, 6.07) is -0.491. The summed E-state index contributed by atoms with van der Waals surface area (Å²) in [5.41, 5.74) is 4.08. The number of carbonyl (C=O) groups excluding carboxylic acids is 1. The van der Waals surface area contributed by atoms with Crippen LogP contribution in [0.2, 0.25) is 0 Å². The number of aliphatic hydroxyl groups excluding tert-OH is 2. The molecule has 1 amide bonds. The van der Waals surface area contributed by atoms with Crippen molar-refractivity contribution in [3.63, 3.8) is 0 Å². The van der Waals surface area contributed by atoms with Crippen LogP contribution in [0.5, 0.6) is 0 Å². The molecular weight excluding hydrogens is 368 g/mol. The Kier molecular flexibility index (Phi) is 4.43. The number of fused-ring (bicyclic) bond motifs is 1. The van der Waals surface area contributed by atoms with Crippen LogP contribution in [0.15, 0.2) is 12.7 Å². The topological polar surface area (TPSA) is 160 Å². The summed E-state index contributed by atoms with van der Waals surface area (Å²) < 4.78 is 6.97. The SMILES string of the molecule is C#C[C@]1(O)C(n2cnc3c(N4CCCC4C(N)=O)ncnc32)O[C@H](CO)[C@H]1O. The van der Waals surface area contributed by atoms with E-state index in [0.29, 0.717) is 29.9 Å². The van der Waals surface area contributed by atoms with Gasteiger partial charge in [0.1, 0.15) is 24.6 Å². The highest BCUT2D eigenvalue weighted by molar-refractivity contribution is 5.89. The second-order valence-electron chi connectivity index (χ2n) is 6.90. The lowest BCUT2D eigenvalue weighted by molar-refractivity contribution is -0.119. The lowest BCUT2D eigenvalue weighted by Gasteiger charge is -2.26. The first kappa shape index (κ1) is 18.6. The average molecular weight is 388 g/mol. The molecule has 2 unspecified atom stereocenters. The number of imidazole rings is 1. The van der Waals surface area contributed by atoms with Crippen LogP contribution in [0.25, 0.3) is 11.2 Å². The van der Waals surface area contributed by atoms with Gasteiger partial charge >= 0.3 is 0 Å². The smallest absolute Gasteiger partial charge is 0.240 e. The molecule has 0 spiro atoms. The van der Waals surface area contributed by atoms with Crippen molar-refractivity contribution in [3.05, 3.63) is 12.7 Å². The first-order valence-electron chi connectivity index (χ1n) is 8.80. The molecule has 2 aromatic heterocycles. The summed E-state index contributed by atoms with van der Waals surface area (Å²) >= 11 is 0. The van der Waals surface area contributed by atoms with Gasteiger partial charge in [-0.2, -0.15) is 0 Å². The number of hydrogen-bond acceptors (Lipinski definition) is 9. The number of rotatable bonds is 4. The van der Waals surface area contributed by atoms with Gasteiger partial charge in [0.2, 0.25) is 5.91 Å². The molecular formula is C17H20N6O5. The molecule has 5 N–H and O–H groups in total. The van der Waals surface area contributed by atoms with Gasteiger partial charge in [-0.1, -0.05) is 5.92 Å². The summed E-state index contributed by atoms with van der Waals surface area (Å²) in [6.45, 7) is 0.0642. The fraction of sp³-hybridized carbons (Fsp3) is 0.529. The van der Waals surface area contributed by atoms with Crippen molar-refractivity contribution in [2.45, 2.75) is 42.9 Å². The standard InChI is InChI=1S/C17H20N6O5/c1-2-17(27)12(25)10(6-24)28-16(17)23-8-21-11-14(19-7-20-15(11)23)22-5-3-4-9(22)13(18)26/h1,7-10,12,16,24-25,27H,3-6H2,(H2,18,26)/t9?,10-,12-,16?,17-/m1/s1. The summed E-state index contributed by atoms with van der Waals surface area (Å²) in [5, 5.41) is 30.4. The van der Waals surface area contributed by atoms with Crippen LogP contribution in [-0.2, 0) is 9.53 Å². The molecule has 11 nitrogen and oxygen atoms in total. The van der Waals surface area contributed by atoms with Gasteiger partial charge in [0.15, 0.2) is 28.8 Å². The zero-order chi connectivity index (χ0) is 20.1. The molecule has 0 saturated carbocycles. The lowest BCUT2D eigenvalue weighted by atomic mass is 9.95. The number of aliphatic hydroxyl groups is 3. The number of anilines is 1. The molecule has 0 radical (unpaired) electrons. The second kappa shape index (κ2) is 6.68. The van der Waals surface area contributed by atoms with Crippen molar-refractivity contribution in [2.24, 2.45) is 5.73 Å². The van der Waals surface area contributed by atoms with E-state index in [1.54, 1.807) is 4.90 Å². The minimum atomic E-state index is -2.09. The maximum absolute atomic E-state index is 11.7. The summed E-state index contributed by atoms with van der Waals surface area (Å²) in [4.78, 5) is 26.3. The zero-order valence-electron chi connectivity index (χ0n) is 14.8. The van der Waals surface area contributed by atoms with E-state index in [1.807, 2.05) is 0 Å². The van der Waals surface area contributed by atoms with E-state index >= 15 is 0 Å². The van der Waals surface area contributed by atoms with Crippen LogP contribution in [-0.4, -0.2) is 77.7 Å². The van der Waals surface area contributed by atoms with Gasteiger partial charge < -0.3 is 30.7 Å². The van der Waals surface area contributed by atoms with Gasteiger partial charge in [0.25, 0.3) is 0 Å². The highest BCUT2D eigenvalue weighted by Gasteiger charge is 2.55. The Hall–Kier alpha value is -2.78. The minimum Gasteiger partial charge on any atom is -0.394 e. The highest BCUT2D eigenvalue weighted by Crippen LogP contribution is 2.40. The van der Waals surface area contributed by atoms with E-state index < -0.39 is 42.6 Å². The molecule has 0 aliphatic carbocycles. The van der Waals surface area contributed by atoms with Crippen molar-refractivity contribution in [1.82, 2.24) is 19.5 Å². The predicted molar refractivity (Wildman–Crippen MR) is 95.7 cm³/mol. The Morgan fingerprint density at radius 1 is 1.46 bits per heavy atom. The van der Waals surface area contributed by atoms with Crippen molar-refractivity contribution in [3.8, 4) is 12.3 Å². The number of primary amides is 1. The molecule has 2 aliphatic heterocycles. The van der Waals surface area contributed by atoms with E-state index in [4.69, 9.17) is 16.9 Å². The number of nitrogens with two attached hydrogens (primary N) is 1. The van der Waals surface area contributed by atoms with Crippen molar-refractivity contribution < 1.29 is 24.9 Å². The first-order chi connectivity index (χ1) is 13.4. The summed E-state index contributed by atoms with van der Waals surface area (Å²) in [7, 11) is 0. The van der Waals surface area contributed by atoms with Gasteiger partial charge in [-0.05, 0) is 12.8 Å². The Balaban J connectivity index is 1.79. The van der Waals surface area contributed by atoms with Crippen molar-refractivity contribution in [2.75, 3.05) is 18.1 Å². The molecule has 2 saturated heterocycles. The average Bonchev–Trinajstić information content (AvgIpc) is 3.39. The normalized spacial score (nSPS) is 32.7.